The Hall–Kier alpha value is -1.97. The first-order valence-corrected chi connectivity index (χ1v) is 4.86. The molecule has 0 saturated carbocycles. The number of hydrogen-bond acceptors (Lipinski definition) is 3. The highest BCUT2D eigenvalue weighted by atomic mass is 16.3. The van der Waals surface area contributed by atoms with Crippen LogP contribution in [0.3, 0.4) is 0 Å². The highest BCUT2D eigenvalue weighted by Crippen LogP contribution is 2.13. The van der Waals surface area contributed by atoms with Gasteiger partial charge in [0.05, 0.1) is 0 Å². The lowest BCUT2D eigenvalue weighted by molar-refractivity contribution is 0.475. The minimum absolute atomic E-state index is 0.284. The third kappa shape index (κ3) is 2.74. The number of imidazole rings is 1. The minimum atomic E-state index is 0.284. The molecule has 0 amide bonds. The summed E-state index contributed by atoms with van der Waals surface area (Å²) in [4.78, 5) is 7.17. The van der Waals surface area contributed by atoms with Crippen LogP contribution in [0.2, 0.25) is 0 Å². The molecule has 0 radical (unpaired) electrons. The van der Waals surface area contributed by atoms with E-state index in [1.54, 1.807) is 18.3 Å². The molecule has 0 fully saturated rings. The van der Waals surface area contributed by atoms with E-state index in [1.165, 1.54) is 0 Å². The van der Waals surface area contributed by atoms with Crippen LogP contribution in [0.4, 0.5) is 5.69 Å². The highest BCUT2D eigenvalue weighted by Gasteiger charge is 1.95. The summed E-state index contributed by atoms with van der Waals surface area (Å²) in [6.45, 7) is 0.818. The van der Waals surface area contributed by atoms with Crippen LogP contribution in [0.5, 0.6) is 5.75 Å². The van der Waals surface area contributed by atoms with Crippen molar-refractivity contribution < 1.29 is 5.11 Å². The summed E-state index contributed by atoms with van der Waals surface area (Å²) in [6, 6.07) is 7.01. The number of rotatable bonds is 4. The molecule has 78 valence electrons. The summed E-state index contributed by atoms with van der Waals surface area (Å²) < 4.78 is 0. The average molecular weight is 203 g/mol. The Morgan fingerprint density at radius 3 is 2.73 bits per heavy atom. The zero-order chi connectivity index (χ0) is 10.5. The molecule has 2 aromatic rings. The molecule has 15 heavy (non-hydrogen) atoms. The molecule has 0 saturated heterocycles. The second kappa shape index (κ2) is 4.50. The number of aromatic amines is 1. The number of nitrogens with one attached hydrogen (secondary N) is 2. The van der Waals surface area contributed by atoms with E-state index in [0.717, 1.165) is 24.5 Å². The van der Waals surface area contributed by atoms with Crippen molar-refractivity contribution in [1.29, 1.82) is 0 Å². The molecule has 1 heterocycles. The number of benzene rings is 1. The summed E-state index contributed by atoms with van der Waals surface area (Å²) in [7, 11) is 0. The van der Waals surface area contributed by atoms with Gasteiger partial charge in [-0.25, -0.2) is 4.98 Å². The topological polar surface area (TPSA) is 60.9 Å². The molecule has 3 N–H and O–H groups in total. The zero-order valence-corrected chi connectivity index (χ0v) is 8.27. The number of phenols is 1. The third-order valence-electron chi connectivity index (χ3n) is 2.11. The Morgan fingerprint density at radius 1 is 1.27 bits per heavy atom. The lowest BCUT2D eigenvalue weighted by Gasteiger charge is -2.04. The summed E-state index contributed by atoms with van der Waals surface area (Å²) in [5.74, 6) is 1.26. The van der Waals surface area contributed by atoms with E-state index in [4.69, 9.17) is 5.11 Å². The van der Waals surface area contributed by atoms with E-state index in [-0.39, 0.29) is 5.75 Å². The SMILES string of the molecule is Oc1ccc(NCCc2ncc[nH]2)cc1. The molecule has 0 aliphatic rings. The normalized spacial score (nSPS) is 10.1. The fourth-order valence-corrected chi connectivity index (χ4v) is 1.34. The van der Waals surface area contributed by atoms with Crippen molar-refractivity contribution in [2.45, 2.75) is 6.42 Å². The summed E-state index contributed by atoms with van der Waals surface area (Å²) in [6.07, 6.45) is 4.42. The largest absolute Gasteiger partial charge is 0.508 e. The van der Waals surface area contributed by atoms with E-state index >= 15 is 0 Å². The molecule has 0 bridgehead atoms. The zero-order valence-electron chi connectivity index (χ0n) is 8.27. The Balaban J connectivity index is 1.81. The van der Waals surface area contributed by atoms with Gasteiger partial charge in [0.15, 0.2) is 0 Å². The standard InChI is InChI=1S/C11H13N3O/c15-10-3-1-9(2-4-10)12-6-5-11-13-7-8-14-11/h1-4,7-8,12,15H,5-6H2,(H,13,14). The molecule has 0 unspecified atom stereocenters. The molecular weight excluding hydrogens is 190 g/mol. The summed E-state index contributed by atoms with van der Waals surface area (Å²) in [5.41, 5.74) is 0.999. The highest BCUT2D eigenvalue weighted by molar-refractivity contribution is 5.45. The fraction of sp³-hybridized carbons (Fsp3) is 0.182. The van der Waals surface area contributed by atoms with Crippen LogP contribution in [-0.4, -0.2) is 21.6 Å². The molecular formula is C11H13N3O. The number of aromatic hydroxyl groups is 1. The maximum absolute atomic E-state index is 9.09. The van der Waals surface area contributed by atoms with Crippen molar-refractivity contribution in [2.24, 2.45) is 0 Å². The number of aromatic nitrogens is 2. The Kier molecular flexibility index (Phi) is 2.88. The number of anilines is 1. The molecule has 4 heteroatoms. The van der Waals surface area contributed by atoms with Gasteiger partial charge in [-0.3, -0.25) is 0 Å². The molecule has 1 aromatic carbocycles. The van der Waals surface area contributed by atoms with Gasteiger partial charge in [-0.05, 0) is 24.3 Å². The number of nitrogens with zero attached hydrogens (tertiary/aromatic N) is 1. The first kappa shape index (κ1) is 9.58. The first-order chi connectivity index (χ1) is 7.34. The van der Waals surface area contributed by atoms with Crippen LogP contribution < -0.4 is 5.32 Å². The molecule has 0 aliphatic heterocycles. The van der Waals surface area contributed by atoms with Crippen LogP contribution >= 0.6 is 0 Å². The Labute approximate surface area is 88.0 Å². The van der Waals surface area contributed by atoms with Crippen molar-refractivity contribution in [3.8, 4) is 5.75 Å². The molecule has 0 atom stereocenters. The predicted octanol–water partition coefficient (Wildman–Crippen LogP) is 1.77. The molecule has 0 spiro atoms. The van der Waals surface area contributed by atoms with Gasteiger partial charge >= 0.3 is 0 Å². The van der Waals surface area contributed by atoms with E-state index in [1.807, 2.05) is 18.3 Å². The van der Waals surface area contributed by atoms with Crippen LogP contribution in [0.1, 0.15) is 5.82 Å². The average Bonchev–Trinajstić information content (AvgIpc) is 2.74. The van der Waals surface area contributed by atoms with Crippen LogP contribution in [0, 0.1) is 0 Å². The Morgan fingerprint density at radius 2 is 2.07 bits per heavy atom. The van der Waals surface area contributed by atoms with Crippen molar-refractivity contribution >= 4 is 5.69 Å². The van der Waals surface area contributed by atoms with Crippen LogP contribution in [0.25, 0.3) is 0 Å². The maximum atomic E-state index is 9.09. The van der Waals surface area contributed by atoms with Gasteiger partial charge in [-0.1, -0.05) is 0 Å². The van der Waals surface area contributed by atoms with E-state index in [0.29, 0.717) is 0 Å². The minimum Gasteiger partial charge on any atom is -0.508 e. The number of phenolic OH excluding ortho intramolecular Hbond substituents is 1. The van der Waals surface area contributed by atoms with Gasteiger partial charge in [0, 0.05) is 31.0 Å². The molecule has 4 nitrogen and oxygen atoms in total. The lowest BCUT2D eigenvalue weighted by atomic mass is 10.3. The quantitative estimate of drug-likeness (QED) is 0.664. The van der Waals surface area contributed by atoms with Crippen molar-refractivity contribution in [2.75, 3.05) is 11.9 Å². The van der Waals surface area contributed by atoms with Gasteiger partial charge in [0.1, 0.15) is 11.6 Å². The Bertz CT molecular complexity index is 394. The molecule has 1 aromatic heterocycles. The van der Waals surface area contributed by atoms with E-state index < -0.39 is 0 Å². The smallest absolute Gasteiger partial charge is 0.115 e. The first-order valence-electron chi connectivity index (χ1n) is 4.86. The maximum Gasteiger partial charge on any atom is 0.115 e. The molecule has 0 aliphatic carbocycles. The van der Waals surface area contributed by atoms with Crippen LogP contribution in [0.15, 0.2) is 36.7 Å². The van der Waals surface area contributed by atoms with Crippen LogP contribution in [-0.2, 0) is 6.42 Å². The van der Waals surface area contributed by atoms with Gasteiger partial charge in [0.2, 0.25) is 0 Å². The van der Waals surface area contributed by atoms with Gasteiger partial charge < -0.3 is 15.4 Å². The van der Waals surface area contributed by atoms with Gasteiger partial charge in [-0.2, -0.15) is 0 Å². The van der Waals surface area contributed by atoms with Crippen molar-refractivity contribution in [1.82, 2.24) is 9.97 Å². The number of hydrogen-bond donors (Lipinski definition) is 3. The van der Waals surface area contributed by atoms with E-state index in [2.05, 4.69) is 15.3 Å². The van der Waals surface area contributed by atoms with Gasteiger partial charge in [-0.15, -0.1) is 0 Å². The van der Waals surface area contributed by atoms with Crippen molar-refractivity contribution in [3.05, 3.63) is 42.5 Å². The van der Waals surface area contributed by atoms with E-state index in [9.17, 15) is 0 Å². The van der Waals surface area contributed by atoms with Crippen molar-refractivity contribution in [3.63, 3.8) is 0 Å². The fourth-order valence-electron chi connectivity index (χ4n) is 1.34. The predicted molar refractivity (Wildman–Crippen MR) is 58.9 cm³/mol. The molecule has 2 rings (SSSR count). The second-order valence-corrected chi connectivity index (χ2v) is 3.26. The lowest BCUT2D eigenvalue weighted by Crippen LogP contribution is -2.05. The monoisotopic (exact) mass is 203 g/mol. The number of H-pyrrole nitrogens is 1. The summed E-state index contributed by atoms with van der Waals surface area (Å²) >= 11 is 0. The van der Waals surface area contributed by atoms with Gasteiger partial charge in [0.25, 0.3) is 0 Å². The third-order valence-corrected chi connectivity index (χ3v) is 2.11. The summed E-state index contributed by atoms with van der Waals surface area (Å²) in [5, 5.41) is 12.3. The second-order valence-electron chi connectivity index (χ2n) is 3.26.